The van der Waals surface area contributed by atoms with Gasteiger partial charge < -0.3 is 5.32 Å². The van der Waals surface area contributed by atoms with E-state index in [-0.39, 0.29) is 22.6 Å². The molecule has 1 N–H and O–H groups in total. The fourth-order valence-corrected chi connectivity index (χ4v) is 4.21. The molecule has 0 aromatic heterocycles. The SMILES string of the molecule is CNC1c2cc(F)ccc2S(=O)(=O)CC1C. The van der Waals surface area contributed by atoms with Crippen molar-refractivity contribution in [2.45, 2.75) is 17.9 Å². The number of fused-ring (bicyclic) bond motifs is 1. The first-order valence-corrected chi connectivity index (χ1v) is 6.80. The first kappa shape index (κ1) is 11.5. The predicted octanol–water partition coefficient (Wildman–Crippen LogP) is 1.51. The van der Waals surface area contributed by atoms with E-state index in [1.807, 2.05) is 6.92 Å². The standard InChI is InChI=1S/C11H14FNO2S/c1-7-6-16(14,15)10-4-3-8(12)5-9(10)11(7)13-2/h3-5,7,11,13H,6H2,1-2H3. The van der Waals surface area contributed by atoms with E-state index in [0.29, 0.717) is 5.56 Å². The van der Waals surface area contributed by atoms with Crippen LogP contribution in [0.15, 0.2) is 23.1 Å². The van der Waals surface area contributed by atoms with E-state index in [0.717, 1.165) is 0 Å². The predicted molar refractivity (Wildman–Crippen MR) is 59.4 cm³/mol. The molecule has 1 aromatic carbocycles. The Morgan fingerprint density at radius 2 is 2.12 bits per heavy atom. The molecule has 2 rings (SSSR count). The second-order valence-electron chi connectivity index (χ2n) is 4.21. The van der Waals surface area contributed by atoms with E-state index in [2.05, 4.69) is 5.32 Å². The highest BCUT2D eigenvalue weighted by Crippen LogP contribution is 2.35. The van der Waals surface area contributed by atoms with Crippen LogP contribution in [0, 0.1) is 11.7 Å². The molecule has 1 aromatic rings. The van der Waals surface area contributed by atoms with Gasteiger partial charge in [0.25, 0.3) is 0 Å². The van der Waals surface area contributed by atoms with Crippen molar-refractivity contribution in [3.05, 3.63) is 29.6 Å². The number of benzene rings is 1. The molecule has 2 unspecified atom stereocenters. The molecule has 0 radical (unpaired) electrons. The van der Waals surface area contributed by atoms with Crippen molar-refractivity contribution < 1.29 is 12.8 Å². The summed E-state index contributed by atoms with van der Waals surface area (Å²) in [4.78, 5) is 0.256. The van der Waals surface area contributed by atoms with Gasteiger partial charge in [0, 0.05) is 6.04 Å². The molecular weight excluding hydrogens is 229 g/mol. The minimum atomic E-state index is -3.26. The summed E-state index contributed by atoms with van der Waals surface area (Å²) >= 11 is 0. The zero-order chi connectivity index (χ0) is 11.9. The Hall–Kier alpha value is -0.940. The largest absolute Gasteiger partial charge is 0.313 e. The Morgan fingerprint density at radius 1 is 1.44 bits per heavy atom. The normalized spacial score (nSPS) is 27.4. The van der Waals surface area contributed by atoms with Gasteiger partial charge in [0.1, 0.15) is 5.82 Å². The number of rotatable bonds is 1. The van der Waals surface area contributed by atoms with Gasteiger partial charge in [-0.05, 0) is 36.7 Å². The summed E-state index contributed by atoms with van der Waals surface area (Å²) in [5.41, 5.74) is 0.543. The lowest BCUT2D eigenvalue weighted by atomic mass is 9.95. The van der Waals surface area contributed by atoms with Crippen molar-refractivity contribution >= 4 is 9.84 Å². The average molecular weight is 243 g/mol. The van der Waals surface area contributed by atoms with Gasteiger partial charge in [0.2, 0.25) is 0 Å². The van der Waals surface area contributed by atoms with Gasteiger partial charge in [0.05, 0.1) is 10.6 Å². The number of halogens is 1. The molecule has 0 bridgehead atoms. The number of hydrogen-bond acceptors (Lipinski definition) is 3. The second kappa shape index (κ2) is 3.82. The minimum Gasteiger partial charge on any atom is -0.313 e. The third-order valence-corrected chi connectivity index (χ3v) is 5.01. The maximum absolute atomic E-state index is 13.2. The van der Waals surface area contributed by atoms with E-state index in [1.54, 1.807) is 7.05 Å². The monoisotopic (exact) mass is 243 g/mol. The van der Waals surface area contributed by atoms with Gasteiger partial charge in [-0.25, -0.2) is 12.8 Å². The molecule has 0 fully saturated rings. The quantitative estimate of drug-likeness (QED) is 0.760. The Labute approximate surface area is 94.6 Å². The Kier molecular flexibility index (Phi) is 2.75. The van der Waals surface area contributed by atoms with Crippen LogP contribution in [0.5, 0.6) is 0 Å². The summed E-state index contributed by atoms with van der Waals surface area (Å²) in [6.07, 6.45) is 0. The Balaban J connectivity index is 2.67. The maximum atomic E-state index is 13.2. The van der Waals surface area contributed by atoms with Crippen LogP contribution in [0.2, 0.25) is 0 Å². The summed E-state index contributed by atoms with van der Waals surface area (Å²) in [7, 11) is -1.50. The van der Waals surface area contributed by atoms with Crippen molar-refractivity contribution in [1.82, 2.24) is 5.32 Å². The highest BCUT2D eigenvalue weighted by Gasteiger charge is 2.34. The molecule has 0 amide bonds. The lowest BCUT2D eigenvalue weighted by Crippen LogP contribution is -2.34. The molecule has 5 heteroatoms. The fraction of sp³-hybridized carbons (Fsp3) is 0.455. The highest BCUT2D eigenvalue weighted by molar-refractivity contribution is 7.91. The van der Waals surface area contributed by atoms with Crippen molar-refractivity contribution in [1.29, 1.82) is 0 Å². The van der Waals surface area contributed by atoms with Gasteiger partial charge in [-0.2, -0.15) is 0 Å². The fourth-order valence-electron chi connectivity index (χ4n) is 2.32. The van der Waals surface area contributed by atoms with Crippen molar-refractivity contribution in [2.75, 3.05) is 12.8 Å². The zero-order valence-electron chi connectivity index (χ0n) is 9.20. The molecule has 0 spiro atoms. The van der Waals surface area contributed by atoms with Crippen LogP contribution in [0.3, 0.4) is 0 Å². The molecule has 0 saturated carbocycles. The van der Waals surface area contributed by atoms with Crippen LogP contribution in [-0.4, -0.2) is 21.2 Å². The van der Waals surface area contributed by atoms with Crippen LogP contribution in [0.4, 0.5) is 4.39 Å². The molecule has 1 heterocycles. The van der Waals surface area contributed by atoms with Crippen LogP contribution in [0.25, 0.3) is 0 Å². The third kappa shape index (κ3) is 1.74. The Morgan fingerprint density at radius 3 is 2.75 bits per heavy atom. The topological polar surface area (TPSA) is 46.2 Å². The van der Waals surface area contributed by atoms with Gasteiger partial charge in [-0.1, -0.05) is 6.92 Å². The molecule has 0 aliphatic carbocycles. The van der Waals surface area contributed by atoms with Crippen LogP contribution in [0.1, 0.15) is 18.5 Å². The van der Waals surface area contributed by atoms with Crippen LogP contribution in [-0.2, 0) is 9.84 Å². The summed E-state index contributed by atoms with van der Waals surface area (Å²) in [6.45, 7) is 1.85. The number of sulfone groups is 1. The van der Waals surface area contributed by atoms with Crippen molar-refractivity contribution in [3.63, 3.8) is 0 Å². The minimum absolute atomic E-state index is 0.0516. The molecule has 1 aliphatic rings. The molecule has 88 valence electrons. The average Bonchev–Trinajstić information content (AvgIpc) is 2.16. The third-order valence-electron chi connectivity index (χ3n) is 3.00. The summed E-state index contributed by atoms with van der Waals surface area (Å²) < 4.78 is 37.0. The first-order chi connectivity index (χ1) is 7.45. The van der Waals surface area contributed by atoms with Crippen molar-refractivity contribution in [3.8, 4) is 0 Å². The maximum Gasteiger partial charge on any atom is 0.179 e. The van der Waals surface area contributed by atoms with E-state index < -0.39 is 15.7 Å². The zero-order valence-corrected chi connectivity index (χ0v) is 10.0. The second-order valence-corrected chi connectivity index (χ2v) is 6.21. The molecular formula is C11H14FNO2S. The molecule has 16 heavy (non-hydrogen) atoms. The molecule has 2 atom stereocenters. The Bertz CT molecular complexity index is 513. The molecule has 0 saturated heterocycles. The van der Waals surface area contributed by atoms with E-state index in [9.17, 15) is 12.8 Å². The van der Waals surface area contributed by atoms with Gasteiger partial charge in [-0.3, -0.25) is 0 Å². The smallest absolute Gasteiger partial charge is 0.179 e. The van der Waals surface area contributed by atoms with Gasteiger partial charge >= 0.3 is 0 Å². The summed E-state index contributed by atoms with van der Waals surface area (Å²) in [5, 5.41) is 3.04. The van der Waals surface area contributed by atoms with Crippen LogP contribution >= 0.6 is 0 Å². The number of nitrogens with one attached hydrogen (secondary N) is 1. The number of hydrogen-bond donors (Lipinski definition) is 1. The summed E-state index contributed by atoms with van der Waals surface area (Å²) in [6, 6.07) is 3.76. The van der Waals surface area contributed by atoms with Crippen molar-refractivity contribution in [2.24, 2.45) is 5.92 Å². The van der Waals surface area contributed by atoms with Gasteiger partial charge in [-0.15, -0.1) is 0 Å². The first-order valence-electron chi connectivity index (χ1n) is 5.15. The van der Waals surface area contributed by atoms with E-state index in [4.69, 9.17) is 0 Å². The lowest BCUT2D eigenvalue weighted by molar-refractivity contribution is 0.419. The highest BCUT2D eigenvalue weighted by atomic mass is 32.2. The van der Waals surface area contributed by atoms with Gasteiger partial charge in [0.15, 0.2) is 9.84 Å². The van der Waals surface area contributed by atoms with E-state index >= 15 is 0 Å². The molecule has 3 nitrogen and oxygen atoms in total. The summed E-state index contributed by atoms with van der Waals surface area (Å²) in [5.74, 6) is -0.343. The van der Waals surface area contributed by atoms with Crippen LogP contribution < -0.4 is 5.32 Å². The lowest BCUT2D eigenvalue weighted by Gasteiger charge is -2.30. The molecule has 1 aliphatic heterocycles. The van der Waals surface area contributed by atoms with E-state index in [1.165, 1.54) is 18.2 Å².